The summed E-state index contributed by atoms with van der Waals surface area (Å²) in [5, 5.41) is 14.2. The largest absolute Gasteiger partial charge is 0.444 e. The number of hydrogen-bond acceptors (Lipinski definition) is 11. The minimum atomic E-state index is -0.485. The van der Waals surface area contributed by atoms with E-state index in [1.807, 2.05) is 51.4 Å². The monoisotopic (exact) mass is 752 g/mol. The lowest BCUT2D eigenvalue weighted by atomic mass is 9.90. The van der Waals surface area contributed by atoms with E-state index in [1.54, 1.807) is 19.0 Å². The average molecular weight is 754 g/mol. The van der Waals surface area contributed by atoms with Crippen molar-refractivity contribution >= 4 is 52.3 Å². The molecule has 2 saturated heterocycles. The van der Waals surface area contributed by atoms with E-state index in [4.69, 9.17) is 27.9 Å². The summed E-state index contributed by atoms with van der Waals surface area (Å²) >= 11 is 11.8. The molecule has 52 heavy (non-hydrogen) atoms. The third kappa shape index (κ3) is 10.5. The van der Waals surface area contributed by atoms with Crippen LogP contribution in [0.15, 0.2) is 58.4 Å². The van der Waals surface area contributed by atoms with Gasteiger partial charge in [0.05, 0.1) is 0 Å². The van der Waals surface area contributed by atoms with Crippen LogP contribution in [0.5, 0.6) is 0 Å². The lowest BCUT2D eigenvalue weighted by Crippen LogP contribution is -2.41. The molecule has 2 N–H and O–H groups in total. The first-order valence-electron chi connectivity index (χ1n) is 17.3. The molecular weight excluding hydrogens is 707 g/mol. The van der Waals surface area contributed by atoms with Gasteiger partial charge in [0.1, 0.15) is 28.6 Å². The van der Waals surface area contributed by atoms with E-state index >= 15 is 0 Å². The van der Waals surface area contributed by atoms with Gasteiger partial charge in [0.15, 0.2) is 10.3 Å². The van der Waals surface area contributed by atoms with Crippen molar-refractivity contribution in [2.45, 2.75) is 63.9 Å². The molecule has 6 heterocycles. The fourth-order valence-corrected chi connectivity index (χ4v) is 6.55. The third-order valence-corrected chi connectivity index (χ3v) is 9.34. The summed E-state index contributed by atoms with van der Waals surface area (Å²) in [4.78, 5) is 49.3. The van der Waals surface area contributed by atoms with Gasteiger partial charge >= 0.3 is 6.09 Å². The molecule has 2 aliphatic rings. The lowest BCUT2D eigenvalue weighted by molar-refractivity contribution is 0.0205. The molecule has 0 bridgehead atoms. The number of hydrogen-bond donors (Lipinski definition) is 2. The number of aryl methyl sites for hydroxylation is 2. The van der Waals surface area contributed by atoms with Crippen molar-refractivity contribution in [2.75, 3.05) is 43.9 Å². The Morgan fingerprint density at radius 2 is 1.15 bits per heavy atom. The minimum Gasteiger partial charge on any atom is -0.444 e. The molecule has 0 aliphatic carbocycles. The maximum absolute atomic E-state index is 12.2. The van der Waals surface area contributed by atoms with E-state index in [0.717, 1.165) is 44.3 Å². The number of rotatable bonds is 6. The van der Waals surface area contributed by atoms with Gasteiger partial charge in [-0.2, -0.15) is 10.2 Å². The highest BCUT2D eigenvalue weighted by Crippen LogP contribution is 2.30. The van der Waals surface area contributed by atoms with E-state index in [0.29, 0.717) is 47.9 Å². The highest BCUT2D eigenvalue weighted by molar-refractivity contribution is 6.29. The van der Waals surface area contributed by atoms with E-state index in [9.17, 15) is 14.4 Å². The maximum atomic E-state index is 12.2. The van der Waals surface area contributed by atoms with Crippen LogP contribution in [0.25, 0.3) is 0 Å². The number of halogens is 2. The lowest BCUT2D eigenvalue weighted by Gasteiger charge is -2.33. The van der Waals surface area contributed by atoms with Crippen LogP contribution >= 0.6 is 23.2 Å². The highest BCUT2D eigenvalue weighted by atomic mass is 35.5. The van der Waals surface area contributed by atoms with Crippen molar-refractivity contribution in [2.24, 2.45) is 14.1 Å². The smallest absolute Gasteiger partial charge is 0.410 e. The number of nitrogens with zero attached hydrogens (tertiary/aromatic N) is 8. The van der Waals surface area contributed by atoms with Gasteiger partial charge in [0.25, 0.3) is 11.1 Å². The van der Waals surface area contributed by atoms with E-state index in [-0.39, 0.29) is 27.5 Å². The second-order valence-corrected chi connectivity index (χ2v) is 14.9. The first kappa shape index (κ1) is 38.7. The third-order valence-electron chi connectivity index (χ3n) is 8.97. The molecule has 2 aliphatic heterocycles. The van der Waals surface area contributed by atoms with Gasteiger partial charge in [-0.1, -0.05) is 35.3 Å². The van der Waals surface area contributed by atoms with Gasteiger partial charge in [0.2, 0.25) is 0 Å². The zero-order valence-corrected chi connectivity index (χ0v) is 31.9. The number of piperidine rings is 2. The summed E-state index contributed by atoms with van der Waals surface area (Å²) in [5.41, 5.74) is 2.04. The number of nitrogens with one attached hydrogen (secondary N) is 2. The molecule has 0 spiro atoms. The van der Waals surface area contributed by atoms with Crippen LogP contribution in [0.1, 0.15) is 69.4 Å². The number of likely N-dealkylation sites (tertiary alicyclic amines) is 2. The number of pyridine rings is 2. The topological polar surface area (TPSA) is 152 Å². The van der Waals surface area contributed by atoms with Crippen molar-refractivity contribution in [1.82, 2.24) is 39.3 Å². The Labute approximate surface area is 313 Å². The van der Waals surface area contributed by atoms with Crippen LogP contribution in [0.2, 0.25) is 10.3 Å². The van der Waals surface area contributed by atoms with Crippen LogP contribution in [0, 0.1) is 0 Å². The van der Waals surface area contributed by atoms with Gasteiger partial charge in [0, 0.05) is 51.7 Å². The van der Waals surface area contributed by atoms with Gasteiger partial charge in [-0.25, -0.2) is 24.1 Å². The zero-order valence-electron chi connectivity index (χ0n) is 30.4. The second kappa shape index (κ2) is 16.9. The number of aromatic nitrogens is 6. The minimum absolute atomic E-state index is 0.225. The Hall–Kier alpha value is -4.53. The Balaban J connectivity index is 0.000000206. The normalized spacial score (nSPS) is 15.8. The molecule has 16 heteroatoms. The first-order chi connectivity index (χ1) is 24.6. The Morgan fingerprint density at radius 3 is 1.54 bits per heavy atom. The molecule has 278 valence electrons. The molecule has 2 fully saturated rings. The zero-order chi connectivity index (χ0) is 37.6. The number of carbonyl (C=O) groups excluding carboxylic acids is 1. The quantitative estimate of drug-likeness (QED) is 0.236. The first-order valence-corrected chi connectivity index (χ1v) is 18.0. The van der Waals surface area contributed by atoms with Crippen molar-refractivity contribution in [3.05, 3.63) is 90.9 Å². The molecule has 0 atom stereocenters. The Bertz CT molecular complexity index is 1950. The SMILES string of the molecule is CN1CCC(c2ccc(Nc3cc(Cl)nn(C)c3=O)nc2)CC1.Cn1nc(Cl)cc(Nc2ccc(C3CCN(C(=O)OC(C)(C)C)CC3)cn2)c1=O. The van der Waals surface area contributed by atoms with Gasteiger partial charge in [-0.15, -0.1) is 0 Å². The summed E-state index contributed by atoms with van der Waals surface area (Å²) in [5.74, 6) is 2.08. The molecule has 6 rings (SSSR count). The summed E-state index contributed by atoms with van der Waals surface area (Å²) in [6.45, 7) is 9.17. The second-order valence-electron chi connectivity index (χ2n) is 14.1. The Morgan fingerprint density at radius 1 is 0.731 bits per heavy atom. The van der Waals surface area contributed by atoms with Gasteiger partial charge < -0.3 is 25.2 Å². The molecule has 4 aromatic rings. The fourth-order valence-electron chi connectivity index (χ4n) is 6.11. The summed E-state index contributed by atoms with van der Waals surface area (Å²) in [6, 6.07) is 10.8. The van der Waals surface area contributed by atoms with Crippen LogP contribution < -0.4 is 21.8 Å². The van der Waals surface area contributed by atoms with E-state index in [1.165, 1.54) is 27.1 Å². The van der Waals surface area contributed by atoms with Gasteiger partial charge in [-0.3, -0.25) is 9.59 Å². The fraction of sp³-hybridized carbons (Fsp3) is 0.472. The number of ether oxygens (including phenoxy) is 1. The van der Waals surface area contributed by atoms with Crippen molar-refractivity contribution in [1.29, 1.82) is 0 Å². The number of carbonyl (C=O) groups is 1. The summed E-state index contributed by atoms with van der Waals surface area (Å²) < 4.78 is 7.83. The average Bonchev–Trinajstić information content (AvgIpc) is 3.10. The molecule has 4 aromatic heterocycles. The van der Waals surface area contributed by atoms with Crippen molar-refractivity contribution < 1.29 is 9.53 Å². The summed E-state index contributed by atoms with van der Waals surface area (Å²) in [7, 11) is 5.26. The molecular formula is C36H46Cl2N10O4. The summed E-state index contributed by atoms with van der Waals surface area (Å²) in [6.07, 6.45) is 7.47. The number of amides is 1. The van der Waals surface area contributed by atoms with Crippen LogP contribution in [0.4, 0.5) is 27.8 Å². The predicted molar refractivity (Wildman–Crippen MR) is 203 cm³/mol. The van der Waals surface area contributed by atoms with Crippen LogP contribution in [-0.2, 0) is 18.8 Å². The predicted octanol–water partition coefficient (Wildman–Crippen LogP) is 6.07. The molecule has 0 aromatic carbocycles. The van der Waals surface area contributed by atoms with Crippen molar-refractivity contribution in [3.8, 4) is 0 Å². The standard InChI is InChI=1S/C20H26ClN5O3.C16H20ClN5O/c1-20(2,3)29-19(28)26-9-7-13(8-10-26)14-5-6-17(22-12-14)23-15-11-16(21)24-25(4)18(15)27;1-21-7-5-11(6-8-21)12-3-4-15(18-10-12)19-13-9-14(17)20-22(2)16(13)23/h5-6,11-13H,7-10H2,1-4H3,(H,22,23);3-4,9-11H,5-8H2,1-2H3,(H,18,19). The van der Waals surface area contributed by atoms with Crippen LogP contribution in [-0.4, -0.2) is 84.2 Å². The highest BCUT2D eigenvalue weighted by Gasteiger charge is 2.27. The molecule has 0 saturated carbocycles. The van der Waals surface area contributed by atoms with E-state index in [2.05, 4.69) is 48.8 Å². The molecule has 14 nitrogen and oxygen atoms in total. The molecule has 1 amide bonds. The molecule has 0 unspecified atom stereocenters. The van der Waals surface area contributed by atoms with Crippen LogP contribution in [0.3, 0.4) is 0 Å². The Kier molecular flexibility index (Phi) is 12.6. The maximum Gasteiger partial charge on any atom is 0.410 e. The number of anilines is 4. The van der Waals surface area contributed by atoms with E-state index < -0.39 is 5.60 Å². The molecule has 0 radical (unpaired) electrons. The van der Waals surface area contributed by atoms with Crippen molar-refractivity contribution in [3.63, 3.8) is 0 Å². The van der Waals surface area contributed by atoms with Gasteiger partial charge in [-0.05, 0) is 102 Å².